The third kappa shape index (κ3) is 2.11. The van der Waals surface area contributed by atoms with Gasteiger partial charge in [0, 0.05) is 16.9 Å². The molecule has 0 aliphatic carbocycles. The zero-order chi connectivity index (χ0) is 12.4. The molecule has 1 aromatic heterocycles. The zero-order valence-corrected chi connectivity index (χ0v) is 10.2. The Balaban J connectivity index is 2.50. The van der Waals surface area contributed by atoms with Crippen molar-refractivity contribution in [1.82, 2.24) is 9.78 Å². The number of nitrogens with zero attached hydrogens (tertiary/aromatic N) is 1. The van der Waals surface area contributed by atoms with Crippen LogP contribution >= 0.6 is 0 Å². The van der Waals surface area contributed by atoms with E-state index < -0.39 is 0 Å². The van der Waals surface area contributed by atoms with Gasteiger partial charge in [0.15, 0.2) is 0 Å². The van der Waals surface area contributed by atoms with Crippen molar-refractivity contribution in [1.29, 1.82) is 0 Å². The summed E-state index contributed by atoms with van der Waals surface area (Å²) >= 11 is 0. The van der Waals surface area contributed by atoms with Crippen LogP contribution in [0.3, 0.4) is 0 Å². The van der Waals surface area contributed by atoms with Gasteiger partial charge in [0.05, 0.1) is 5.69 Å². The maximum atomic E-state index is 12.2. The minimum Gasteiger partial charge on any atom is -0.399 e. The van der Waals surface area contributed by atoms with Crippen molar-refractivity contribution in [2.75, 3.05) is 5.73 Å². The smallest absolute Gasteiger partial charge is 0.274 e. The number of anilines is 1. The van der Waals surface area contributed by atoms with E-state index in [-0.39, 0.29) is 5.56 Å². The van der Waals surface area contributed by atoms with Crippen molar-refractivity contribution in [3.05, 3.63) is 45.9 Å². The zero-order valence-electron chi connectivity index (χ0n) is 10.2. The minimum atomic E-state index is 0.0362. The molecule has 2 rings (SSSR count). The molecule has 4 heteroatoms. The Labute approximate surface area is 100 Å². The monoisotopic (exact) mass is 231 g/mol. The third-order valence-corrected chi connectivity index (χ3v) is 2.84. The molecule has 0 aliphatic heterocycles. The lowest BCUT2D eigenvalue weighted by atomic mass is 10.1. The van der Waals surface area contributed by atoms with Crippen LogP contribution in [0.1, 0.15) is 24.6 Å². The van der Waals surface area contributed by atoms with Crippen LogP contribution in [0, 0.1) is 6.92 Å². The Bertz CT molecular complexity index is 563. The Hall–Kier alpha value is -1.97. The van der Waals surface area contributed by atoms with Gasteiger partial charge in [-0.15, -0.1) is 0 Å². The van der Waals surface area contributed by atoms with Gasteiger partial charge in [0.25, 0.3) is 5.56 Å². The van der Waals surface area contributed by atoms with E-state index in [9.17, 15) is 4.79 Å². The van der Waals surface area contributed by atoms with Crippen LogP contribution in [0.4, 0.5) is 5.69 Å². The van der Waals surface area contributed by atoms with E-state index >= 15 is 0 Å². The summed E-state index contributed by atoms with van der Waals surface area (Å²) in [4.78, 5) is 12.2. The van der Waals surface area contributed by atoms with Crippen molar-refractivity contribution in [2.24, 2.45) is 0 Å². The van der Waals surface area contributed by atoms with Gasteiger partial charge in [-0.1, -0.05) is 13.3 Å². The molecule has 0 unspecified atom stereocenters. The second-order valence-corrected chi connectivity index (χ2v) is 4.20. The normalized spacial score (nSPS) is 10.7. The van der Waals surface area contributed by atoms with Crippen molar-refractivity contribution < 1.29 is 0 Å². The Morgan fingerprint density at radius 3 is 2.53 bits per heavy atom. The molecule has 1 heterocycles. The highest BCUT2D eigenvalue weighted by atomic mass is 16.1. The number of H-pyrrole nitrogens is 1. The first-order valence-corrected chi connectivity index (χ1v) is 5.80. The van der Waals surface area contributed by atoms with E-state index in [1.54, 1.807) is 16.8 Å². The molecule has 0 radical (unpaired) electrons. The largest absolute Gasteiger partial charge is 0.399 e. The molecule has 0 fully saturated rings. The van der Waals surface area contributed by atoms with Crippen molar-refractivity contribution in [3.8, 4) is 5.69 Å². The highest BCUT2D eigenvalue weighted by Gasteiger charge is 2.10. The first kappa shape index (κ1) is 11.5. The predicted molar refractivity (Wildman–Crippen MR) is 69.5 cm³/mol. The second kappa shape index (κ2) is 4.49. The van der Waals surface area contributed by atoms with Gasteiger partial charge in [-0.05, 0) is 37.6 Å². The van der Waals surface area contributed by atoms with Crippen LogP contribution in [0.2, 0.25) is 0 Å². The summed E-state index contributed by atoms with van der Waals surface area (Å²) in [5.74, 6) is 0. The molecular formula is C13H17N3O. The number of nitrogens with one attached hydrogen (secondary N) is 1. The second-order valence-electron chi connectivity index (χ2n) is 4.20. The highest BCUT2D eigenvalue weighted by Crippen LogP contribution is 2.10. The number of nitrogens with two attached hydrogens (primary N) is 1. The maximum absolute atomic E-state index is 12.2. The number of benzene rings is 1. The average molecular weight is 231 g/mol. The first-order chi connectivity index (χ1) is 8.13. The molecule has 0 amide bonds. The molecule has 90 valence electrons. The molecule has 4 nitrogen and oxygen atoms in total. The van der Waals surface area contributed by atoms with Crippen molar-refractivity contribution in [2.45, 2.75) is 26.7 Å². The van der Waals surface area contributed by atoms with Crippen LogP contribution in [0.5, 0.6) is 0 Å². The van der Waals surface area contributed by atoms with Gasteiger partial charge in [0.2, 0.25) is 0 Å². The van der Waals surface area contributed by atoms with Crippen LogP contribution in [0.15, 0.2) is 29.1 Å². The molecule has 0 aliphatic rings. The minimum absolute atomic E-state index is 0.0362. The fraction of sp³-hybridized carbons (Fsp3) is 0.308. The molecule has 0 bridgehead atoms. The van der Waals surface area contributed by atoms with Gasteiger partial charge in [0.1, 0.15) is 0 Å². The molecule has 0 saturated heterocycles. The molecule has 0 atom stereocenters. The van der Waals surface area contributed by atoms with E-state index in [1.807, 2.05) is 19.1 Å². The average Bonchev–Trinajstić information content (AvgIpc) is 2.59. The standard InChI is InChI=1S/C13H17N3O/c1-3-4-12-9(2)15-16(13(12)17)11-7-5-10(14)6-8-11/h5-8,15H,3-4,14H2,1-2H3. The summed E-state index contributed by atoms with van der Waals surface area (Å²) in [6, 6.07) is 7.25. The number of aromatic amines is 1. The lowest BCUT2D eigenvalue weighted by Gasteiger charge is -2.01. The van der Waals surface area contributed by atoms with Gasteiger partial charge >= 0.3 is 0 Å². The lowest BCUT2D eigenvalue weighted by molar-refractivity contribution is 0.833. The van der Waals surface area contributed by atoms with E-state index in [1.165, 1.54) is 0 Å². The summed E-state index contributed by atoms with van der Waals surface area (Å²) in [7, 11) is 0. The van der Waals surface area contributed by atoms with Crippen LogP contribution < -0.4 is 11.3 Å². The highest BCUT2D eigenvalue weighted by molar-refractivity contribution is 5.45. The van der Waals surface area contributed by atoms with Crippen LogP contribution in [-0.2, 0) is 6.42 Å². The number of nitrogen functional groups attached to an aromatic ring is 1. The molecule has 17 heavy (non-hydrogen) atoms. The quantitative estimate of drug-likeness (QED) is 0.794. The lowest BCUT2D eigenvalue weighted by Crippen LogP contribution is -2.17. The number of rotatable bonds is 3. The van der Waals surface area contributed by atoms with Crippen molar-refractivity contribution >= 4 is 5.69 Å². The number of aromatic nitrogens is 2. The molecule has 2 aromatic rings. The summed E-state index contributed by atoms with van der Waals surface area (Å²) in [5, 5.41) is 3.10. The summed E-state index contributed by atoms with van der Waals surface area (Å²) < 4.78 is 1.57. The van der Waals surface area contributed by atoms with Gasteiger partial charge in [-0.2, -0.15) is 0 Å². The van der Waals surface area contributed by atoms with E-state index in [4.69, 9.17) is 5.73 Å². The maximum Gasteiger partial charge on any atom is 0.274 e. The molecular weight excluding hydrogens is 214 g/mol. The van der Waals surface area contributed by atoms with Crippen LogP contribution in [-0.4, -0.2) is 9.78 Å². The first-order valence-electron chi connectivity index (χ1n) is 5.80. The Morgan fingerprint density at radius 1 is 1.29 bits per heavy atom. The Kier molecular flexibility index (Phi) is 3.04. The molecule has 1 aromatic carbocycles. The fourth-order valence-electron chi connectivity index (χ4n) is 1.93. The Morgan fingerprint density at radius 2 is 1.94 bits per heavy atom. The number of aryl methyl sites for hydroxylation is 1. The van der Waals surface area contributed by atoms with E-state index in [2.05, 4.69) is 12.0 Å². The summed E-state index contributed by atoms with van der Waals surface area (Å²) in [5.41, 5.74) is 8.98. The SMILES string of the molecule is CCCc1c(C)[nH]n(-c2ccc(N)cc2)c1=O. The molecule has 0 saturated carbocycles. The third-order valence-electron chi connectivity index (χ3n) is 2.84. The fourth-order valence-corrected chi connectivity index (χ4v) is 1.93. The summed E-state index contributed by atoms with van der Waals surface area (Å²) in [6.07, 6.45) is 1.78. The van der Waals surface area contributed by atoms with Gasteiger partial charge in [-0.3, -0.25) is 9.89 Å². The summed E-state index contributed by atoms with van der Waals surface area (Å²) in [6.45, 7) is 4.00. The molecule has 0 spiro atoms. The van der Waals surface area contributed by atoms with E-state index in [0.717, 1.165) is 29.8 Å². The van der Waals surface area contributed by atoms with Crippen LogP contribution in [0.25, 0.3) is 5.69 Å². The van der Waals surface area contributed by atoms with E-state index in [0.29, 0.717) is 5.69 Å². The number of hydrogen-bond acceptors (Lipinski definition) is 2. The van der Waals surface area contributed by atoms with Crippen molar-refractivity contribution in [3.63, 3.8) is 0 Å². The topological polar surface area (TPSA) is 63.8 Å². The molecule has 3 N–H and O–H groups in total. The number of hydrogen-bond donors (Lipinski definition) is 2. The van der Waals surface area contributed by atoms with Gasteiger partial charge < -0.3 is 5.73 Å². The van der Waals surface area contributed by atoms with Gasteiger partial charge in [-0.25, -0.2) is 4.68 Å². The predicted octanol–water partition coefficient (Wildman–Crippen LogP) is 2.01.